The van der Waals surface area contributed by atoms with Crippen LogP contribution in [-0.4, -0.2) is 34.5 Å². The molecule has 1 aliphatic heterocycles. The lowest BCUT2D eigenvalue weighted by atomic mass is 10.1. The van der Waals surface area contributed by atoms with Gasteiger partial charge in [-0.3, -0.25) is 9.59 Å². The average molecular weight is 245 g/mol. The molecule has 1 aliphatic rings. The fourth-order valence-corrected chi connectivity index (χ4v) is 2.93. The van der Waals surface area contributed by atoms with Crippen LogP contribution in [-0.2, 0) is 9.59 Å². The molecule has 2 atom stereocenters. The van der Waals surface area contributed by atoms with E-state index >= 15 is 0 Å². The molecule has 0 saturated carbocycles. The Morgan fingerprint density at radius 1 is 1.50 bits per heavy atom. The van der Waals surface area contributed by atoms with E-state index in [9.17, 15) is 9.59 Å². The number of carboxylic acids is 1. The fraction of sp³-hybridized carbons (Fsp3) is 0.818. The first-order valence-electron chi connectivity index (χ1n) is 5.70. The fourth-order valence-electron chi connectivity index (χ4n) is 1.71. The van der Waals surface area contributed by atoms with Gasteiger partial charge in [-0.15, -0.1) is 11.8 Å². The number of carbonyl (C=O) groups is 2. The molecular weight excluding hydrogens is 226 g/mol. The third-order valence-corrected chi connectivity index (χ3v) is 4.00. The molecule has 4 nitrogen and oxygen atoms in total. The standard InChI is InChI=1S/C11H19NO3S/c1-8(6-10(13)14)7-12-11(15)9-4-2-3-5-16-9/h8-9H,2-7H2,1H3,(H,12,15)(H,13,14). The van der Waals surface area contributed by atoms with Gasteiger partial charge in [-0.1, -0.05) is 13.3 Å². The van der Waals surface area contributed by atoms with Crippen LogP contribution in [0.4, 0.5) is 0 Å². The Kier molecular flexibility index (Phi) is 5.66. The van der Waals surface area contributed by atoms with E-state index in [0.29, 0.717) is 6.54 Å². The van der Waals surface area contributed by atoms with E-state index in [4.69, 9.17) is 5.11 Å². The molecule has 0 aromatic carbocycles. The van der Waals surface area contributed by atoms with E-state index in [2.05, 4.69) is 5.32 Å². The Labute approximate surface area is 100 Å². The van der Waals surface area contributed by atoms with Gasteiger partial charge in [0, 0.05) is 13.0 Å². The summed E-state index contributed by atoms with van der Waals surface area (Å²) in [6.45, 7) is 2.30. The van der Waals surface area contributed by atoms with E-state index in [1.54, 1.807) is 11.8 Å². The molecule has 0 aromatic rings. The van der Waals surface area contributed by atoms with Crippen molar-refractivity contribution >= 4 is 23.6 Å². The molecule has 0 aromatic heterocycles. The van der Waals surface area contributed by atoms with Gasteiger partial charge in [-0.25, -0.2) is 0 Å². The van der Waals surface area contributed by atoms with Crippen molar-refractivity contribution in [2.45, 2.75) is 37.9 Å². The predicted molar refractivity (Wildman–Crippen MR) is 64.5 cm³/mol. The van der Waals surface area contributed by atoms with E-state index in [0.717, 1.165) is 18.6 Å². The average Bonchev–Trinajstić information content (AvgIpc) is 2.26. The quantitative estimate of drug-likeness (QED) is 0.770. The highest BCUT2D eigenvalue weighted by atomic mass is 32.2. The summed E-state index contributed by atoms with van der Waals surface area (Å²) < 4.78 is 0. The molecule has 1 amide bonds. The number of nitrogens with one attached hydrogen (secondary N) is 1. The maximum absolute atomic E-state index is 11.7. The van der Waals surface area contributed by atoms with Gasteiger partial charge in [0.25, 0.3) is 0 Å². The number of hydrogen-bond acceptors (Lipinski definition) is 3. The number of rotatable bonds is 5. The third-order valence-electron chi connectivity index (χ3n) is 2.62. The van der Waals surface area contributed by atoms with Crippen LogP contribution in [0.2, 0.25) is 0 Å². The molecule has 1 fully saturated rings. The zero-order chi connectivity index (χ0) is 12.0. The second kappa shape index (κ2) is 6.78. The molecule has 0 bridgehead atoms. The van der Waals surface area contributed by atoms with Gasteiger partial charge >= 0.3 is 5.97 Å². The van der Waals surface area contributed by atoms with Crippen LogP contribution in [0.15, 0.2) is 0 Å². The van der Waals surface area contributed by atoms with Crippen molar-refractivity contribution in [3.63, 3.8) is 0 Å². The summed E-state index contributed by atoms with van der Waals surface area (Å²) in [5.74, 6) is 0.314. The smallest absolute Gasteiger partial charge is 0.303 e. The monoisotopic (exact) mass is 245 g/mol. The maximum Gasteiger partial charge on any atom is 0.303 e. The molecule has 0 radical (unpaired) electrons. The summed E-state index contributed by atoms with van der Waals surface area (Å²) in [5.41, 5.74) is 0. The summed E-state index contributed by atoms with van der Waals surface area (Å²) >= 11 is 1.71. The highest BCUT2D eigenvalue weighted by molar-refractivity contribution is 8.00. The number of aliphatic carboxylic acids is 1. The zero-order valence-electron chi connectivity index (χ0n) is 9.57. The van der Waals surface area contributed by atoms with Crippen molar-refractivity contribution in [1.82, 2.24) is 5.32 Å². The Morgan fingerprint density at radius 2 is 2.25 bits per heavy atom. The van der Waals surface area contributed by atoms with E-state index in [1.165, 1.54) is 6.42 Å². The highest BCUT2D eigenvalue weighted by Gasteiger charge is 2.21. The van der Waals surface area contributed by atoms with E-state index in [1.807, 2.05) is 6.92 Å². The Bertz CT molecular complexity index is 252. The maximum atomic E-state index is 11.7. The molecule has 1 heterocycles. The van der Waals surface area contributed by atoms with Crippen molar-refractivity contribution < 1.29 is 14.7 Å². The lowest BCUT2D eigenvalue weighted by Crippen LogP contribution is -2.37. The van der Waals surface area contributed by atoms with Crippen molar-refractivity contribution in [3.8, 4) is 0 Å². The van der Waals surface area contributed by atoms with Crippen LogP contribution in [0.25, 0.3) is 0 Å². The first kappa shape index (κ1) is 13.4. The number of carboxylic acid groups (broad SMARTS) is 1. The van der Waals surface area contributed by atoms with Crippen molar-refractivity contribution in [2.75, 3.05) is 12.3 Å². The highest BCUT2D eigenvalue weighted by Crippen LogP contribution is 2.24. The van der Waals surface area contributed by atoms with Crippen molar-refractivity contribution in [2.24, 2.45) is 5.92 Å². The van der Waals surface area contributed by atoms with Gasteiger partial charge < -0.3 is 10.4 Å². The van der Waals surface area contributed by atoms with Gasteiger partial charge in [0.15, 0.2) is 0 Å². The van der Waals surface area contributed by atoms with E-state index in [-0.39, 0.29) is 23.5 Å². The van der Waals surface area contributed by atoms with Crippen LogP contribution in [0.1, 0.15) is 32.6 Å². The molecule has 16 heavy (non-hydrogen) atoms. The number of carbonyl (C=O) groups excluding carboxylic acids is 1. The molecule has 5 heteroatoms. The van der Waals surface area contributed by atoms with Crippen molar-refractivity contribution in [3.05, 3.63) is 0 Å². The van der Waals surface area contributed by atoms with Gasteiger partial charge in [0.05, 0.1) is 5.25 Å². The van der Waals surface area contributed by atoms with Crippen LogP contribution in [0.3, 0.4) is 0 Å². The van der Waals surface area contributed by atoms with E-state index < -0.39 is 5.97 Å². The number of hydrogen-bond donors (Lipinski definition) is 2. The lowest BCUT2D eigenvalue weighted by Gasteiger charge is -2.21. The summed E-state index contributed by atoms with van der Waals surface area (Å²) in [6.07, 6.45) is 3.38. The van der Waals surface area contributed by atoms with Gasteiger partial charge in [0.1, 0.15) is 0 Å². The molecule has 2 unspecified atom stereocenters. The molecule has 92 valence electrons. The largest absolute Gasteiger partial charge is 0.481 e. The summed E-state index contributed by atoms with van der Waals surface area (Å²) in [4.78, 5) is 22.1. The zero-order valence-corrected chi connectivity index (χ0v) is 10.4. The van der Waals surface area contributed by atoms with Gasteiger partial charge in [0.2, 0.25) is 5.91 Å². The normalized spacial score (nSPS) is 22.4. The molecular formula is C11H19NO3S. The van der Waals surface area contributed by atoms with Crippen LogP contribution >= 0.6 is 11.8 Å². The Hall–Kier alpha value is -0.710. The minimum absolute atomic E-state index is 0.00459. The summed E-state index contributed by atoms with van der Waals surface area (Å²) in [5, 5.41) is 11.5. The van der Waals surface area contributed by atoms with Gasteiger partial charge in [-0.05, 0) is 24.5 Å². The molecule has 0 spiro atoms. The summed E-state index contributed by atoms with van der Waals surface area (Å²) in [7, 11) is 0. The summed E-state index contributed by atoms with van der Waals surface area (Å²) in [6, 6.07) is 0. The molecule has 0 aliphatic carbocycles. The second-order valence-corrected chi connectivity index (χ2v) is 5.61. The lowest BCUT2D eigenvalue weighted by molar-refractivity contribution is -0.138. The Morgan fingerprint density at radius 3 is 2.81 bits per heavy atom. The van der Waals surface area contributed by atoms with Crippen LogP contribution in [0.5, 0.6) is 0 Å². The minimum atomic E-state index is -0.811. The second-order valence-electron chi connectivity index (χ2n) is 4.30. The van der Waals surface area contributed by atoms with Crippen molar-refractivity contribution in [1.29, 1.82) is 0 Å². The Balaban J connectivity index is 2.20. The SMILES string of the molecule is CC(CNC(=O)C1CCCCS1)CC(=O)O. The first-order valence-corrected chi connectivity index (χ1v) is 6.75. The molecule has 1 rings (SSSR count). The van der Waals surface area contributed by atoms with Gasteiger partial charge in [-0.2, -0.15) is 0 Å². The van der Waals surface area contributed by atoms with Crippen LogP contribution in [0, 0.1) is 5.92 Å². The molecule has 1 saturated heterocycles. The first-order chi connectivity index (χ1) is 7.59. The molecule has 2 N–H and O–H groups in total. The minimum Gasteiger partial charge on any atom is -0.481 e. The predicted octanol–water partition coefficient (Wildman–Crippen LogP) is 1.50. The number of amides is 1. The number of thioether (sulfide) groups is 1. The van der Waals surface area contributed by atoms with Crippen LogP contribution < -0.4 is 5.32 Å². The topological polar surface area (TPSA) is 66.4 Å². The third kappa shape index (κ3) is 4.88.